The van der Waals surface area contributed by atoms with Gasteiger partial charge >= 0.3 is 6.36 Å². The fraction of sp³-hybridized carbons (Fsp3) is 0.360. The predicted molar refractivity (Wildman–Crippen MR) is 124 cm³/mol. The van der Waals surface area contributed by atoms with Gasteiger partial charge in [0.15, 0.2) is 0 Å². The summed E-state index contributed by atoms with van der Waals surface area (Å²) < 4.78 is 46.2. The number of benzene rings is 2. The van der Waals surface area contributed by atoms with Crippen LogP contribution in [0.25, 0.3) is 17.5 Å². The Balaban J connectivity index is 1.39. The molecule has 4 rings (SSSR count). The van der Waals surface area contributed by atoms with E-state index in [0.29, 0.717) is 29.2 Å². The van der Waals surface area contributed by atoms with Crippen LogP contribution >= 0.6 is 11.6 Å². The molecule has 34 heavy (non-hydrogen) atoms. The number of nitrogens with zero attached hydrogens (tertiary/aromatic N) is 3. The molecule has 1 aliphatic carbocycles. The van der Waals surface area contributed by atoms with E-state index in [2.05, 4.69) is 46.0 Å². The maximum Gasteiger partial charge on any atom is 0.573 e. The number of hydrogen-bond donors (Lipinski definition) is 0. The Kier molecular flexibility index (Phi) is 7.28. The van der Waals surface area contributed by atoms with E-state index in [1.165, 1.54) is 35.4 Å². The molecule has 5 nitrogen and oxygen atoms in total. The second-order valence-electron chi connectivity index (χ2n) is 8.63. The summed E-state index contributed by atoms with van der Waals surface area (Å²) in [5.74, 6) is 0.924. The number of aromatic nitrogens is 2. The first-order valence-electron chi connectivity index (χ1n) is 11.0. The van der Waals surface area contributed by atoms with E-state index in [0.717, 1.165) is 30.7 Å². The van der Waals surface area contributed by atoms with Gasteiger partial charge in [0.1, 0.15) is 5.75 Å². The SMILES string of the molecule is CN(C)C(c1ccc(Cl)cc1)C1CCC(=Cc2nc(-c3ccc(OC(F)(F)F)cc3)no2)CC1. The van der Waals surface area contributed by atoms with Crippen molar-refractivity contribution in [3.8, 4) is 17.1 Å². The van der Waals surface area contributed by atoms with Gasteiger partial charge in [-0.15, -0.1) is 13.2 Å². The first-order valence-corrected chi connectivity index (χ1v) is 11.4. The molecule has 1 atom stereocenters. The molecule has 1 unspecified atom stereocenters. The lowest BCUT2D eigenvalue weighted by atomic mass is 9.78. The maximum atomic E-state index is 12.3. The second-order valence-corrected chi connectivity index (χ2v) is 9.06. The molecule has 0 saturated heterocycles. The first-order chi connectivity index (χ1) is 16.2. The molecule has 3 aromatic rings. The Hall–Kier alpha value is -2.84. The summed E-state index contributed by atoms with van der Waals surface area (Å²) >= 11 is 6.06. The zero-order valence-corrected chi connectivity index (χ0v) is 19.6. The van der Waals surface area contributed by atoms with Crippen molar-refractivity contribution < 1.29 is 22.4 Å². The van der Waals surface area contributed by atoms with E-state index in [1.807, 2.05) is 18.2 Å². The number of alkyl halides is 3. The van der Waals surface area contributed by atoms with E-state index in [1.54, 1.807) is 0 Å². The monoisotopic (exact) mass is 491 g/mol. The fourth-order valence-corrected chi connectivity index (χ4v) is 4.64. The van der Waals surface area contributed by atoms with E-state index in [4.69, 9.17) is 16.1 Å². The molecule has 1 aliphatic rings. The van der Waals surface area contributed by atoms with Crippen LogP contribution in [0.3, 0.4) is 0 Å². The number of allylic oxidation sites excluding steroid dienone is 1. The smallest absolute Gasteiger partial charge is 0.406 e. The van der Waals surface area contributed by atoms with Crippen molar-refractivity contribution >= 4 is 17.7 Å². The van der Waals surface area contributed by atoms with Crippen molar-refractivity contribution in [3.05, 3.63) is 70.6 Å². The molecule has 0 N–H and O–H groups in total. The van der Waals surface area contributed by atoms with Gasteiger partial charge in [-0.1, -0.05) is 34.5 Å². The summed E-state index contributed by atoms with van der Waals surface area (Å²) in [5, 5.41) is 4.69. The molecular formula is C25H25ClF3N3O2. The maximum absolute atomic E-state index is 12.3. The molecule has 1 fully saturated rings. The summed E-state index contributed by atoms with van der Waals surface area (Å²) in [6.07, 6.45) is 1.14. The van der Waals surface area contributed by atoms with Crippen molar-refractivity contribution in [1.82, 2.24) is 15.0 Å². The third-order valence-electron chi connectivity index (χ3n) is 6.00. The number of halogens is 4. The summed E-state index contributed by atoms with van der Waals surface area (Å²) in [6.45, 7) is 0. The third kappa shape index (κ3) is 6.18. The van der Waals surface area contributed by atoms with E-state index in [9.17, 15) is 13.2 Å². The highest BCUT2D eigenvalue weighted by Crippen LogP contribution is 2.40. The van der Waals surface area contributed by atoms with Gasteiger partial charge in [-0.25, -0.2) is 0 Å². The normalized spacial score (nSPS) is 17.6. The molecule has 1 saturated carbocycles. The molecule has 1 aromatic heterocycles. The molecule has 2 aromatic carbocycles. The van der Waals surface area contributed by atoms with Crippen LogP contribution < -0.4 is 4.74 Å². The summed E-state index contributed by atoms with van der Waals surface area (Å²) in [5.41, 5.74) is 3.05. The van der Waals surface area contributed by atoms with Crippen LogP contribution in [0.2, 0.25) is 5.02 Å². The zero-order chi connectivity index (χ0) is 24.3. The summed E-state index contributed by atoms with van der Waals surface area (Å²) in [4.78, 5) is 6.64. The lowest BCUT2D eigenvalue weighted by Crippen LogP contribution is -2.29. The van der Waals surface area contributed by atoms with Crippen LogP contribution in [0.15, 0.2) is 58.6 Å². The molecule has 0 amide bonds. The Morgan fingerprint density at radius 3 is 2.29 bits per heavy atom. The van der Waals surface area contributed by atoms with Crippen LogP contribution in [-0.4, -0.2) is 35.5 Å². The van der Waals surface area contributed by atoms with Gasteiger partial charge in [0.2, 0.25) is 5.82 Å². The minimum atomic E-state index is -4.73. The van der Waals surface area contributed by atoms with Crippen molar-refractivity contribution in [2.45, 2.75) is 38.1 Å². The standard InChI is InChI=1S/C25H25ClF3N3O2/c1-32(2)23(18-7-11-20(26)12-8-18)17-5-3-16(4-6-17)15-22-30-24(31-34-22)19-9-13-21(14-10-19)33-25(27,28)29/h7-15,17,23H,3-6H2,1-2H3. The first kappa shape index (κ1) is 24.3. The Morgan fingerprint density at radius 1 is 1.06 bits per heavy atom. The molecule has 0 radical (unpaired) electrons. The average Bonchev–Trinajstić information content (AvgIpc) is 3.24. The predicted octanol–water partition coefficient (Wildman–Crippen LogP) is 7.17. The topological polar surface area (TPSA) is 51.4 Å². The van der Waals surface area contributed by atoms with E-state index >= 15 is 0 Å². The van der Waals surface area contributed by atoms with Crippen LogP contribution in [0.5, 0.6) is 5.75 Å². The van der Waals surface area contributed by atoms with Crippen LogP contribution in [-0.2, 0) is 0 Å². The van der Waals surface area contributed by atoms with E-state index in [-0.39, 0.29) is 5.75 Å². The third-order valence-corrected chi connectivity index (χ3v) is 6.25. The zero-order valence-electron chi connectivity index (χ0n) is 18.8. The van der Waals surface area contributed by atoms with Crippen molar-refractivity contribution in [3.63, 3.8) is 0 Å². The second kappa shape index (κ2) is 10.2. The number of rotatable bonds is 6. The van der Waals surface area contributed by atoms with Crippen molar-refractivity contribution in [2.24, 2.45) is 5.92 Å². The van der Waals surface area contributed by atoms with Crippen LogP contribution in [0, 0.1) is 5.92 Å². The van der Waals surface area contributed by atoms with Crippen molar-refractivity contribution in [2.75, 3.05) is 14.1 Å². The van der Waals surface area contributed by atoms with Gasteiger partial charge in [-0.3, -0.25) is 0 Å². The van der Waals surface area contributed by atoms with Crippen LogP contribution in [0.4, 0.5) is 13.2 Å². The van der Waals surface area contributed by atoms with Gasteiger partial charge in [-0.05, 0) is 87.7 Å². The molecule has 180 valence electrons. The number of ether oxygens (including phenoxy) is 1. The molecule has 1 heterocycles. The molecule has 0 bridgehead atoms. The average molecular weight is 492 g/mol. The molecular weight excluding hydrogens is 467 g/mol. The highest BCUT2D eigenvalue weighted by Gasteiger charge is 2.31. The minimum absolute atomic E-state index is 0.298. The minimum Gasteiger partial charge on any atom is -0.406 e. The Morgan fingerprint density at radius 2 is 1.71 bits per heavy atom. The summed E-state index contributed by atoms with van der Waals surface area (Å²) in [7, 11) is 4.21. The Bertz CT molecular complexity index is 1120. The van der Waals surface area contributed by atoms with Gasteiger partial charge in [-0.2, -0.15) is 4.98 Å². The molecule has 9 heteroatoms. The quantitative estimate of drug-likeness (QED) is 0.366. The lowest BCUT2D eigenvalue weighted by molar-refractivity contribution is -0.274. The Labute approximate surface area is 201 Å². The fourth-order valence-electron chi connectivity index (χ4n) is 4.51. The molecule has 0 spiro atoms. The number of hydrogen-bond acceptors (Lipinski definition) is 5. The van der Waals surface area contributed by atoms with Gasteiger partial charge in [0.25, 0.3) is 5.89 Å². The molecule has 0 aliphatic heterocycles. The van der Waals surface area contributed by atoms with Gasteiger partial charge in [0.05, 0.1) is 0 Å². The highest BCUT2D eigenvalue weighted by molar-refractivity contribution is 6.30. The van der Waals surface area contributed by atoms with Gasteiger partial charge < -0.3 is 14.2 Å². The van der Waals surface area contributed by atoms with Crippen LogP contribution in [0.1, 0.15) is 43.2 Å². The highest BCUT2D eigenvalue weighted by atomic mass is 35.5. The van der Waals surface area contributed by atoms with Crippen molar-refractivity contribution in [1.29, 1.82) is 0 Å². The lowest BCUT2D eigenvalue weighted by Gasteiger charge is -2.36. The summed E-state index contributed by atoms with van der Waals surface area (Å²) in [6, 6.07) is 13.8. The largest absolute Gasteiger partial charge is 0.573 e. The van der Waals surface area contributed by atoms with Gasteiger partial charge in [0, 0.05) is 22.7 Å². The van der Waals surface area contributed by atoms with E-state index < -0.39 is 6.36 Å².